The van der Waals surface area contributed by atoms with Crippen LogP contribution < -0.4 is 4.74 Å². The van der Waals surface area contributed by atoms with E-state index >= 15 is 0 Å². The quantitative estimate of drug-likeness (QED) is 0.748. The Morgan fingerprint density at radius 2 is 1.71 bits per heavy atom. The van der Waals surface area contributed by atoms with Crippen molar-refractivity contribution in [3.8, 4) is 11.5 Å². The van der Waals surface area contributed by atoms with E-state index < -0.39 is 0 Å². The third-order valence-corrected chi connectivity index (χ3v) is 2.03. The van der Waals surface area contributed by atoms with E-state index in [1.165, 1.54) is 0 Å². The maximum atomic E-state index is 5.93. The average Bonchev–Trinajstić information content (AvgIpc) is 2.23. The molecule has 0 atom stereocenters. The summed E-state index contributed by atoms with van der Waals surface area (Å²) in [7, 11) is 0. The molecule has 3 heteroatoms. The standard InChI is InChI=1S/C11H8ClNO/c12-10-3-1-2-4-11(10)14-9-5-7-13-8-6-9/h1-8H. The molecule has 0 fully saturated rings. The Labute approximate surface area is 87.1 Å². The van der Waals surface area contributed by atoms with Crippen molar-refractivity contribution in [2.45, 2.75) is 0 Å². The predicted octanol–water partition coefficient (Wildman–Crippen LogP) is 3.53. The highest BCUT2D eigenvalue weighted by atomic mass is 35.5. The Bertz CT molecular complexity index is 417. The van der Waals surface area contributed by atoms with E-state index in [0.717, 1.165) is 5.75 Å². The fourth-order valence-corrected chi connectivity index (χ4v) is 1.24. The van der Waals surface area contributed by atoms with Gasteiger partial charge in [0.25, 0.3) is 0 Å². The highest BCUT2D eigenvalue weighted by Gasteiger charge is 2.00. The van der Waals surface area contributed by atoms with Crippen LogP contribution in [-0.2, 0) is 0 Å². The number of para-hydroxylation sites is 1. The van der Waals surface area contributed by atoms with Gasteiger partial charge in [-0.2, -0.15) is 0 Å². The third kappa shape index (κ3) is 2.03. The minimum absolute atomic E-state index is 0.601. The second-order valence-electron chi connectivity index (χ2n) is 2.72. The maximum absolute atomic E-state index is 5.93. The van der Waals surface area contributed by atoms with Crippen LogP contribution in [0, 0.1) is 0 Å². The molecule has 2 aromatic rings. The number of aromatic nitrogens is 1. The van der Waals surface area contributed by atoms with E-state index in [0.29, 0.717) is 10.8 Å². The minimum Gasteiger partial charge on any atom is -0.456 e. The second kappa shape index (κ2) is 4.11. The SMILES string of the molecule is Clc1ccccc1Oc1ccncc1. The molecule has 0 aliphatic heterocycles. The van der Waals surface area contributed by atoms with Crippen molar-refractivity contribution in [1.82, 2.24) is 4.98 Å². The zero-order valence-corrected chi connectivity index (χ0v) is 8.11. The molecule has 1 heterocycles. The van der Waals surface area contributed by atoms with Crippen LogP contribution >= 0.6 is 11.6 Å². The molecule has 0 bridgehead atoms. The molecule has 2 rings (SSSR count). The van der Waals surface area contributed by atoms with Crippen molar-refractivity contribution in [2.24, 2.45) is 0 Å². The van der Waals surface area contributed by atoms with Crippen molar-refractivity contribution >= 4 is 11.6 Å². The number of pyridine rings is 1. The van der Waals surface area contributed by atoms with Crippen molar-refractivity contribution in [3.05, 3.63) is 53.8 Å². The topological polar surface area (TPSA) is 22.1 Å². The first-order valence-electron chi connectivity index (χ1n) is 4.18. The first-order valence-corrected chi connectivity index (χ1v) is 4.56. The van der Waals surface area contributed by atoms with Crippen LogP contribution in [0.2, 0.25) is 5.02 Å². The molecule has 0 spiro atoms. The van der Waals surface area contributed by atoms with E-state index in [1.807, 2.05) is 18.2 Å². The molecule has 0 N–H and O–H groups in total. The summed E-state index contributed by atoms with van der Waals surface area (Å²) in [6, 6.07) is 10.9. The zero-order valence-electron chi connectivity index (χ0n) is 7.35. The normalized spacial score (nSPS) is 9.79. The van der Waals surface area contributed by atoms with E-state index in [-0.39, 0.29) is 0 Å². The molecule has 2 nitrogen and oxygen atoms in total. The van der Waals surface area contributed by atoms with Crippen LogP contribution in [0.15, 0.2) is 48.8 Å². The fourth-order valence-electron chi connectivity index (χ4n) is 1.06. The number of benzene rings is 1. The van der Waals surface area contributed by atoms with Gasteiger partial charge in [0.05, 0.1) is 5.02 Å². The fraction of sp³-hybridized carbons (Fsp3) is 0. The smallest absolute Gasteiger partial charge is 0.146 e. The highest BCUT2D eigenvalue weighted by molar-refractivity contribution is 6.32. The molecule has 0 amide bonds. The molecule has 1 aromatic carbocycles. The number of nitrogens with zero attached hydrogens (tertiary/aromatic N) is 1. The molecular weight excluding hydrogens is 198 g/mol. The minimum atomic E-state index is 0.601. The van der Waals surface area contributed by atoms with Crippen molar-refractivity contribution < 1.29 is 4.74 Å². The lowest BCUT2D eigenvalue weighted by atomic mass is 10.3. The number of ether oxygens (including phenoxy) is 1. The van der Waals surface area contributed by atoms with Gasteiger partial charge in [0.2, 0.25) is 0 Å². The summed E-state index contributed by atoms with van der Waals surface area (Å²) in [5.41, 5.74) is 0. The van der Waals surface area contributed by atoms with Crippen molar-refractivity contribution in [2.75, 3.05) is 0 Å². The first-order chi connectivity index (χ1) is 6.86. The summed E-state index contributed by atoms with van der Waals surface area (Å²) < 4.78 is 5.54. The number of rotatable bonds is 2. The van der Waals surface area contributed by atoms with Gasteiger partial charge in [-0.3, -0.25) is 4.98 Å². The van der Waals surface area contributed by atoms with Crippen LogP contribution in [0.3, 0.4) is 0 Å². The third-order valence-electron chi connectivity index (χ3n) is 1.71. The predicted molar refractivity (Wildman–Crippen MR) is 55.8 cm³/mol. The summed E-state index contributed by atoms with van der Waals surface area (Å²) in [5.74, 6) is 1.38. The molecule has 14 heavy (non-hydrogen) atoms. The molecule has 0 aliphatic carbocycles. The first kappa shape index (κ1) is 9.03. The zero-order chi connectivity index (χ0) is 9.80. The lowest BCUT2D eigenvalue weighted by Gasteiger charge is -2.05. The molecule has 1 aromatic heterocycles. The van der Waals surface area contributed by atoms with Gasteiger partial charge in [0.1, 0.15) is 11.5 Å². The van der Waals surface area contributed by atoms with E-state index in [1.54, 1.807) is 30.6 Å². The van der Waals surface area contributed by atoms with Crippen LogP contribution in [0.4, 0.5) is 0 Å². The summed E-state index contributed by atoms with van der Waals surface area (Å²) in [5, 5.41) is 0.601. The Morgan fingerprint density at radius 3 is 2.43 bits per heavy atom. The molecule has 0 unspecified atom stereocenters. The van der Waals surface area contributed by atoms with Gasteiger partial charge in [-0.15, -0.1) is 0 Å². The highest BCUT2D eigenvalue weighted by Crippen LogP contribution is 2.27. The van der Waals surface area contributed by atoms with E-state index in [4.69, 9.17) is 16.3 Å². The molecule has 0 radical (unpaired) electrons. The largest absolute Gasteiger partial charge is 0.456 e. The van der Waals surface area contributed by atoms with Crippen LogP contribution in [0.1, 0.15) is 0 Å². The molecular formula is C11H8ClNO. The maximum Gasteiger partial charge on any atom is 0.146 e. The van der Waals surface area contributed by atoms with Gasteiger partial charge >= 0.3 is 0 Å². The van der Waals surface area contributed by atoms with Crippen LogP contribution in [-0.4, -0.2) is 4.98 Å². The molecule has 0 saturated carbocycles. The second-order valence-corrected chi connectivity index (χ2v) is 3.12. The molecule has 70 valence electrons. The van der Waals surface area contributed by atoms with Gasteiger partial charge in [-0.25, -0.2) is 0 Å². The average molecular weight is 206 g/mol. The lowest BCUT2D eigenvalue weighted by Crippen LogP contribution is -1.84. The van der Waals surface area contributed by atoms with E-state index in [9.17, 15) is 0 Å². The number of halogens is 1. The van der Waals surface area contributed by atoms with E-state index in [2.05, 4.69) is 4.98 Å². The Kier molecular flexibility index (Phi) is 2.65. The Balaban J connectivity index is 2.24. The van der Waals surface area contributed by atoms with Crippen LogP contribution in [0.25, 0.3) is 0 Å². The summed E-state index contributed by atoms with van der Waals surface area (Å²) in [6.07, 6.45) is 3.35. The van der Waals surface area contributed by atoms with Crippen molar-refractivity contribution in [1.29, 1.82) is 0 Å². The van der Waals surface area contributed by atoms with Gasteiger partial charge in [-0.1, -0.05) is 23.7 Å². The summed E-state index contributed by atoms with van der Waals surface area (Å²) in [4.78, 5) is 3.90. The molecule has 0 aliphatic rings. The van der Waals surface area contributed by atoms with Gasteiger partial charge < -0.3 is 4.74 Å². The summed E-state index contributed by atoms with van der Waals surface area (Å²) in [6.45, 7) is 0. The number of hydrogen-bond donors (Lipinski definition) is 0. The Hall–Kier alpha value is -1.54. The monoisotopic (exact) mass is 205 g/mol. The van der Waals surface area contributed by atoms with Gasteiger partial charge in [-0.05, 0) is 24.3 Å². The number of hydrogen-bond acceptors (Lipinski definition) is 2. The lowest BCUT2D eigenvalue weighted by molar-refractivity contribution is 0.482. The van der Waals surface area contributed by atoms with Crippen LogP contribution in [0.5, 0.6) is 11.5 Å². The van der Waals surface area contributed by atoms with Gasteiger partial charge in [0, 0.05) is 12.4 Å². The summed E-state index contributed by atoms with van der Waals surface area (Å²) >= 11 is 5.93. The van der Waals surface area contributed by atoms with Crippen molar-refractivity contribution in [3.63, 3.8) is 0 Å². The molecule has 0 saturated heterocycles. The Morgan fingerprint density at radius 1 is 1.00 bits per heavy atom. The van der Waals surface area contributed by atoms with Gasteiger partial charge in [0.15, 0.2) is 0 Å².